The Morgan fingerprint density at radius 3 is 2.56 bits per heavy atom. The number of thioether (sulfide) groups is 1. The monoisotopic (exact) mass is 279 g/mol. The smallest absolute Gasteiger partial charge is 0.0897 e. The van der Waals surface area contributed by atoms with Crippen LogP contribution < -0.4 is 5.32 Å². The van der Waals surface area contributed by atoms with Crippen LogP contribution in [0.1, 0.15) is 27.2 Å². The molecule has 0 heterocycles. The zero-order valence-electron chi connectivity index (χ0n) is 12.1. The van der Waals surface area contributed by atoms with Gasteiger partial charge in [-0.15, -0.1) is 0 Å². The van der Waals surface area contributed by atoms with Gasteiger partial charge >= 0.3 is 0 Å². The van der Waals surface area contributed by atoms with E-state index < -0.39 is 6.10 Å². The molecule has 18 heavy (non-hydrogen) atoms. The van der Waals surface area contributed by atoms with Crippen molar-refractivity contribution in [3.8, 4) is 0 Å². The molecule has 2 N–H and O–H groups in total. The summed E-state index contributed by atoms with van der Waals surface area (Å²) in [6.45, 7) is 8.20. The molecule has 0 aromatic rings. The minimum absolute atomic E-state index is 0.234. The Balaban J connectivity index is 3.34. The molecule has 2 atom stereocenters. The van der Waals surface area contributed by atoms with E-state index in [1.807, 2.05) is 25.6 Å². The summed E-state index contributed by atoms with van der Waals surface area (Å²) in [6, 6.07) is 0.441. The molecule has 0 radical (unpaired) electrons. The maximum Gasteiger partial charge on any atom is 0.0897 e. The highest BCUT2D eigenvalue weighted by Crippen LogP contribution is 1.99. The number of hydrogen-bond donors (Lipinski definition) is 2. The first kappa shape index (κ1) is 18.2. The van der Waals surface area contributed by atoms with Gasteiger partial charge in [-0.1, -0.05) is 0 Å². The molecule has 0 rings (SSSR count). The number of ether oxygens (including phenoxy) is 2. The van der Waals surface area contributed by atoms with Crippen molar-refractivity contribution in [2.75, 3.05) is 38.4 Å². The molecule has 4 nitrogen and oxygen atoms in total. The predicted octanol–water partition coefficient (Wildman–Crippen LogP) is 1.52. The molecule has 0 aliphatic rings. The van der Waals surface area contributed by atoms with Gasteiger partial charge in [0, 0.05) is 12.6 Å². The van der Waals surface area contributed by atoms with Crippen LogP contribution in [0, 0.1) is 0 Å². The molecule has 0 bridgehead atoms. The average Bonchev–Trinajstić information content (AvgIpc) is 2.33. The zero-order valence-corrected chi connectivity index (χ0v) is 13.0. The fraction of sp³-hybridized carbons (Fsp3) is 1.00. The van der Waals surface area contributed by atoms with Crippen molar-refractivity contribution >= 4 is 11.8 Å². The Labute approximate surface area is 116 Å². The van der Waals surface area contributed by atoms with Crippen molar-refractivity contribution in [2.45, 2.75) is 45.4 Å². The first-order valence-electron chi connectivity index (χ1n) is 6.66. The van der Waals surface area contributed by atoms with E-state index in [0.717, 1.165) is 12.2 Å². The minimum Gasteiger partial charge on any atom is -0.389 e. The molecule has 0 fully saturated rings. The van der Waals surface area contributed by atoms with E-state index in [4.69, 9.17) is 9.47 Å². The summed E-state index contributed by atoms with van der Waals surface area (Å²) in [4.78, 5) is 0. The highest BCUT2D eigenvalue weighted by atomic mass is 32.2. The summed E-state index contributed by atoms with van der Waals surface area (Å²) in [5, 5.41) is 13.0. The van der Waals surface area contributed by atoms with E-state index in [2.05, 4.69) is 18.5 Å². The number of aliphatic hydroxyl groups is 1. The van der Waals surface area contributed by atoms with Gasteiger partial charge in [-0.2, -0.15) is 11.8 Å². The molecule has 5 heteroatoms. The Morgan fingerprint density at radius 1 is 1.22 bits per heavy atom. The topological polar surface area (TPSA) is 50.7 Å². The summed E-state index contributed by atoms with van der Waals surface area (Å²) in [6.07, 6.45) is 3.02. The first-order valence-corrected chi connectivity index (χ1v) is 8.05. The fourth-order valence-electron chi connectivity index (χ4n) is 1.35. The van der Waals surface area contributed by atoms with Crippen molar-refractivity contribution in [1.29, 1.82) is 0 Å². The normalized spacial score (nSPS) is 15.0. The second kappa shape index (κ2) is 12.2. The number of hydrogen-bond acceptors (Lipinski definition) is 5. The summed E-state index contributed by atoms with van der Waals surface area (Å²) >= 11 is 1.84. The molecule has 0 saturated heterocycles. The van der Waals surface area contributed by atoms with Gasteiger partial charge in [0.1, 0.15) is 0 Å². The van der Waals surface area contributed by atoms with Crippen molar-refractivity contribution in [3.63, 3.8) is 0 Å². The van der Waals surface area contributed by atoms with E-state index >= 15 is 0 Å². The molecule has 0 aliphatic heterocycles. The van der Waals surface area contributed by atoms with E-state index in [0.29, 0.717) is 32.4 Å². The summed E-state index contributed by atoms with van der Waals surface area (Å²) in [5.41, 5.74) is 0. The Kier molecular flexibility index (Phi) is 12.4. The second-order valence-corrected chi connectivity index (χ2v) is 5.72. The highest BCUT2D eigenvalue weighted by Gasteiger charge is 2.07. The van der Waals surface area contributed by atoms with E-state index in [1.54, 1.807) is 0 Å². The third kappa shape index (κ3) is 12.6. The lowest BCUT2D eigenvalue weighted by molar-refractivity contribution is -0.0104. The lowest BCUT2D eigenvalue weighted by atomic mass is 10.2. The summed E-state index contributed by atoms with van der Waals surface area (Å²) in [7, 11) is 0. The van der Waals surface area contributed by atoms with Gasteiger partial charge in [0.2, 0.25) is 0 Å². The van der Waals surface area contributed by atoms with Gasteiger partial charge in [-0.05, 0) is 39.2 Å². The van der Waals surface area contributed by atoms with Crippen LogP contribution in [0.2, 0.25) is 0 Å². The van der Waals surface area contributed by atoms with Crippen molar-refractivity contribution in [2.24, 2.45) is 0 Å². The zero-order chi connectivity index (χ0) is 13.8. The molecule has 0 aromatic carbocycles. The van der Waals surface area contributed by atoms with Crippen LogP contribution in [0.25, 0.3) is 0 Å². The van der Waals surface area contributed by atoms with Crippen LogP contribution in [0.15, 0.2) is 0 Å². The van der Waals surface area contributed by atoms with Gasteiger partial charge < -0.3 is 19.9 Å². The Bertz CT molecular complexity index is 182. The van der Waals surface area contributed by atoms with Crippen molar-refractivity contribution < 1.29 is 14.6 Å². The third-order valence-electron chi connectivity index (χ3n) is 2.45. The maximum absolute atomic E-state index is 9.70. The molecular weight excluding hydrogens is 250 g/mol. The maximum atomic E-state index is 9.70. The predicted molar refractivity (Wildman–Crippen MR) is 78.4 cm³/mol. The van der Waals surface area contributed by atoms with Crippen LogP contribution in [-0.4, -0.2) is 61.7 Å². The molecule has 110 valence electrons. The SMILES string of the molecule is CSCCC(C)NCC(O)COCCOC(C)C. The van der Waals surface area contributed by atoms with Gasteiger partial charge in [-0.3, -0.25) is 0 Å². The standard InChI is InChI=1S/C13H29NO3S/c1-11(2)17-7-6-16-10-13(15)9-14-12(3)5-8-18-4/h11-15H,5-10H2,1-4H3. The van der Waals surface area contributed by atoms with Gasteiger partial charge in [0.15, 0.2) is 0 Å². The van der Waals surface area contributed by atoms with Crippen molar-refractivity contribution in [1.82, 2.24) is 5.32 Å². The molecular formula is C13H29NO3S. The lowest BCUT2D eigenvalue weighted by Crippen LogP contribution is -2.36. The second-order valence-electron chi connectivity index (χ2n) is 4.74. The minimum atomic E-state index is -0.444. The quantitative estimate of drug-likeness (QED) is 0.531. The first-order chi connectivity index (χ1) is 8.56. The molecule has 2 unspecified atom stereocenters. The van der Waals surface area contributed by atoms with Gasteiger partial charge in [0.05, 0.1) is 32.0 Å². The van der Waals surface area contributed by atoms with Crippen LogP contribution >= 0.6 is 11.8 Å². The largest absolute Gasteiger partial charge is 0.389 e. The van der Waals surface area contributed by atoms with E-state index in [9.17, 15) is 5.11 Å². The fourth-order valence-corrected chi connectivity index (χ4v) is 1.94. The lowest BCUT2D eigenvalue weighted by Gasteiger charge is -2.17. The third-order valence-corrected chi connectivity index (χ3v) is 3.09. The Hall–Kier alpha value is 0.190. The summed E-state index contributed by atoms with van der Waals surface area (Å²) < 4.78 is 10.7. The number of rotatable bonds is 12. The molecule has 0 aromatic heterocycles. The van der Waals surface area contributed by atoms with E-state index in [1.165, 1.54) is 0 Å². The molecule has 0 saturated carbocycles. The van der Waals surface area contributed by atoms with Crippen LogP contribution in [0.4, 0.5) is 0 Å². The van der Waals surface area contributed by atoms with Crippen molar-refractivity contribution in [3.05, 3.63) is 0 Å². The van der Waals surface area contributed by atoms with Crippen LogP contribution in [-0.2, 0) is 9.47 Å². The number of aliphatic hydroxyl groups excluding tert-OH is 1. The number of nitrogens with one attached hydrogen (secondary N) is 1. The van der Waals surface area contributed by atoms with Crippen LogP contribution in [0.5, 0.6) is 0 Å². The summed E-state index contributed by atoms with van der Waals surface area (Å²) in [5.74, 6) is 1.15. The van der Waals surface area contributed by atoms with E-state index in [-0.39, 0.29) is 6.10 Å². The molecule has 0 spiro atoms. The highest BCUT2D eigenvalue weighted by molar-refractivity contribution is 7.98. The van der Waals surface area contributed by atoms with Gasteiger partial charge in [0.25, 0.3) is 0 Å². The van der Waals surface area contributed by atoms with Gasteiger partial charge in [-0.25, -0.2) is 0 Å². The van der Waals surface area contributed by atoms with Crippen LogP contribution in [0.3, 0.4) is 0 Å². The molecule has 0 amide bonds. The average molecular weight is 279 g/mol. The Morgan fingerprint density at radius 2 is 1.94 bits per heavy atom. The molecule has 0 aliphatic carbocycles.